The number of para-hydroxylation sites is 1. The summed E-state index contributed by atoms with van der Waals surface area (Å²) >= 11 is 0. The normalized spacial score (nSPS) is 28.3. The Bertz CT molecular complexity index is 1470. The number of fused-ring (bicyclic) bond motifs is 1. The second kappa shape index (κ2) is 16.3. The number of carbonyl (C=O) groups excluding carboxylic acids is 2. The summed E-state index contributed by atoms with van der Waals surface area (Å²) < 4.78 is 32.9. The maximum atomic E-state index is 14.4. The van der Waals surface area contributed by atoms with E-state index in [0.29, 0.717) is 25.0 Å². The molecule has 0 N–H and O–H groups in total. The first-order valence-electron chi connectivity index (χ1n) is 19.9. The maximum absolute atomic E-state index is 14.4. The molecule has 9 heteroatoms. The summed E-state index contributed by atoms with van der Waals surface area (Å²) in [7, 11) is -4.17. The van der Waals surface area contributed by atoms with Gasteiger partial charge in [0.1, 0.15) is 18.0 Å². The molecule has 4 rings (SSSR count). The van der Waals surface area contributed by atoms with Gasteiger partial charge in [0.15, 0.2) is 16.6 Å². The molecule has 292 valence electrons. The second-order valence-corrected chi connectivity index (χ2v) is 28.7. The van der Waals surface area contributed by atoms with Gasteiger partial charge in [-0.15, -0.1) is 0 Å². The van der Waals surface area contributed by atoms with Gasteiger partial charge in [-0.2, -0.15) is 0 Å². The summed E-state index contributed by atoms with van der Waals surface area (Å²) in [5, 5.41) is 0.104. The van der Waals surface area contributed by atoms with Crippen molar-refractivity contribution in [1.29, 1.82) is 0 Å². The first-order chi connectivity index (χ1) is 24.0. The van der Waals surface area contributed by atoms with E-state index >= 15 is 0 Å². The minimum absolute atomic E-state index is 0.00822. The summed E-state index contributed by atoms with van der Waals surface area (Å²) in [5.41, 5.74) is 1.02. The van der Waals surface area contributed by atoms with Crippen LogP contribution < -0.4 is 4.74 Å². The van der Waals surface area contributed by atoms with Gasteiger partial charge in [0, 0.05) is 18.8 Å². The van der Waals surface area contributed by atoms with Crippen LogP contribution in [0.1, 0.15) is 113 Å². The monoisotopic (exact) mass is 754 g/mol. The quantitative estimate of drug-likeness (QED) is 0.146. The molecule has 1 aromatic rings. The predicted octanol–water partition coefficient (Wildman–Crippen LogP) is 10.9. The van der Waals surface area contributed by atoms with Crippen molar-refractivity contribution in [2.75, 3.05) is 0 Å². The number of esters is 2. The fraction of sp³-hybridized carbons (Fsp3) is 0.721. The molecule has 3 aliphatic rings. The summed E-state index contributed by atoms with van der Waals surface area (Å²) in [4.78, 5) is 27.3. The summed E-state index contributed by atoms with van der Waals surface area (Å²) in [6, 6.07) is 7.83. The molecule has 7 nitrogen and oxygen atoms in total. The van der Waals surface area contributed by atoms with Gasteiger partial charge < -0.3 is 23.1 Å². The molecule has 0 aromatic heterocycles. The molecule has 8 atom stereocenters. The van der Waals surface area contributed by atoms with E-state index in [4.69, 9.17) is 23.1 Å². The molecule has 1 saturated heterocycles. The number of aryl methyl sites for hydroxylation is 1. The Morgan fingerprint density at radius 1 is 0.923 bits per heavy atom. The van der Waals surface area contributed by atoms with E-state index in [0.717, 1.165) is 31.2 Å². The van der Waals surface area contributed by atoms with E-state index in [1.54, 1.807) is 0 Å². The van der Waals surface area contributed by atoms with Crippen LogP contribution in [0.2, 0.25) is 36.3 Å². The molecule has 0 saturated carbocycles. The molecule has 1 fully saturated rings. The molecule has 0 radical (unpaired) electrons. The van der Waals surface area contributed by atoms with Gasteiger partial charge in [-0.05, 0) is 98.4 Å². The van der Waals surface area contributed by atoms with Crippen LogP contribution in [0.25, 0.3) is 0 Å². The molecule has 52 heavy (non-hydrogen) atoms. The molecule has 0 spiro atoms. The SMILES string of the molecule is CCCC(C)(Oc1ccccc1C)C(=O)O[C@H]1C[C@H](O[Si](C)(C)C(C)(C)C)C=C2C=C[C@H](C)[C@H](CC[C@@H]3C[C@@H](O[Si](C)(C)C(C)(C)C)CC(=O)O3)[C@H]21. The lowest BCUT2D eigenvalue weighted by molar-refractivity contribution is -0.173. The van der Waals surface area contributed by atoms with Crippen LogP contribution >= 0.6 is 0 Å². The Labute approximate surface area is 317 Å². The number of carbonyl (C=O) groups is 2. The molecular weight excluding hydrogens is 685 g/mol. The van der Waals surface area contributed by atoms with Crippen LogP contribution in [0.4, 0.5) is 0 Å². The van der Waals surface area contributed by atoms with Crippen LogP contribution in [0, 0.1) is 24.7 Å². The van der Waals surface area contributed by atoms with Crippen molar-refractivity contribution in [2.45, 2.75) is 180 Å². The first kappa shape index (κ1) is 42.5. The minimum Gasteiger partial charge on any atom is -0.476 e. The third-order valence-electron chi connectivity index (χ3n) is 12.8. The van der Waals surface area contributed by atoms with E-state index < -0.39 is 22.2 Å². The fourth-order valence-corrected chi connectivity index (χ4v) is 10.2. The highest BCUT2D eigenvalue weighted by Gasteiger charge is 2.48. The Morgan fingerprint density at radius 3 is 2.17 bits per heavy atom. The van der Waals surface area contributed by atoms with E-state index in [-0.39, 0.29) is 64.2 Å². The van der Waals surface area contributed by atoms with Gasteiger partial charge in [-0.1, -0.05) is 98.2 Å². The summed E-state index contributed by atoms with van der Waals surface area (Å²) in [6.45, 7) is 30.7. The average Bonchev–Trinajstić information content (AvgIpc) is 3.00. The predicted molar refractivity (Wildman–Crippen MR) is 215 cm³/mol. The molecule has 0 bridgehead atoms. The zero-order valence-electron chi connectivity index (χ0n) is 34.9. The lowest BCUT2D eigenvalue weighted by Crippen LogP contribution is -2.51. The highest BCUT2D eigenvalue weighted by atomic mass is 28.4. The van der Waals surface area contributed by atoms with Gasteiger partial charge in [0.2, 0.25) is 5.60 Å². The average molecular weight is 755 g/mol. The van der Waals surface area contributed by atoms with Crippen LogP contribution in [0.5, 0.6) is 5.75 Å². The van der Waals surface area contributed by atoms with E-state index in [1.807, 2.05) is 38.1 Å². The van der Waals surface area contributed by atoms with Gasteiger partial charge in [-0.25, -0.2) is 4.79 Å². The minimum atomic E-state index is -2.13. The largest absolute Gasteiger partial charge is 0.476 e. The van der Waals surface area contributed by atoms with Gasteiger partial charge in [0.05, 0.1) is 18.6 Å². The lowest BCUT2D eigenvalue weighted by atomic mass is 9.66. The fourth-order valence-electron chi connectivity index (χ4n) is 7.54. The zero-order valence-corrected chi connectivity index (χ0v) is 36.9. The molecule has 2 aliphatic carbocycles. The van der Waals surface area contributed by atoms with Crippen molar-refractivity contribution in [3.8, 4) is 5.75 Å². The maximum Gasteiger partial charge on any atom is 0.350 e. The zero-order chi connectivity index (χ0) is 38.9. The molecule has 1 aromatic carbocycles. The van der Waals surface area contributed by atoms with Crippen LogP contribution in [0.3, 0.4) is 0 Å². The Morgan fingerprint density at radius 2 is 1.56 bits per heavy atom. The number of rotatable bonds is 13. The smallest absolute Gasteiger partial charge is 0.350 e. The van der Waals surface area contributed by atoms with Crippen molar-refractivity contribution in [2.24, 2.45) is 17.8 Å². The van der Waals surface area contributed by atoms with Crippen LogP contribution in [-0.4, -0.2) is 58.6 Å². The standard InChI is InChI=1S/C43H70O7Si2/c1-15-24-43(10,48-36-19-17-16-18-30(36)3)40(45)47-37-27-33(49-51(11,12)41(4,5)6)25-31-21-20-29(2)35(39(31)37)23-22-32-26-34(28-38(44)46-32)50-52(13,14)42(7,8)9/h16-21,25,29,32-35,37,39H,15,22-24,26-28H2,1-14H3/t29-,32+,33+,34+,35-,37-,39-,43?/m0/s1. The molecular formula is C43H70O7Si2. The van der Waals surface area contributed by atoms with Crippen molar-refractivity contribution < 1.29 is 32.7 Å². The Hall–Kier alpha value is -2.21. The van der Waals surface area contributed by atoms with E-state index in [1.165, 1.54) is 5.57 Å². The number of allylic oxidation sites excluding steroid dienone is 2. The van der Waals surface area contributed by atoms with Crippen molar-refractivity contribution in [3.05, 3.63) is 53.6 Å². The van der Waals surface area contributed by atoms with Crippen LogP contribution in [-0.2, 0) is 27.9 Å². The molecule has 1 heterocycles. The number of ether oxygens (including phenoxy) is 3. The Balaban J connectivity index is 1.62. The Kier molecular flexibility index (Phi) is 13.3. The topological polar surface area (TPSA) is 80.3 Å². The summed E-state index contributed by atoms with van der Waals surface area (Å²) in [6.07, 6.45) is 10.5. The third-order valence-corrected chi connectivity index (χ3v) is 21.8. The van der Waals surface area contributed by atoms with Crippen molar-refractivity contribution in [1.82, 2.24) is 0 Å². The van der Waals surface area contributed by atoms with Gasteiger partial charge in [-0.3, -0.25) is 4.79 Å². The number of hydrogen-bond acceptors (Lipinski definition) is 7. The summed E-state index contributed by atoms with van der Waals surface area (Å²) in [5.74, 6) is 0.636. The van der Waals surface area contributed by atoms with Gasteiger partial charge >= 0.3 is 11.9 Å². The van der Waals surface area contributed by atoms with Crippen LogP contribution in [0.15, 0.2) is 48.1 Å². The highest BCUT2D eigenvalue weighted by molar-refractivity contribution is 6.74. The molecule has 1 aliphatic heterocycles. The lowest BCUT2D eigenvalue weighted by Gasteiger charge is -2.46. The second-order valence-electron chi connectivity index (χ2n) is 19.1. The first-order valence-corrected chi connectivity index (χ1v) is 25.7. The van der Waals surface area contributed by atoms with Crippen molar-refractivity contribution >= 4 is 28.6 Å². The molecule has 1 unspecified atom stereocenters. The molecule has 0 amide bonds. The van der Waals surface area contributed by atoms with Crippen molar-refractivity contribution in [3.63, 3.8) is 0 Å². The van der Waals surface area contributed by atoms with E-state index in [9.17, 15) is 9.59 Å². The number of benzene rings is 1. The van der Waals surface area contributed by atoms with Gasteiger partial charge in [0.25, 0.3) is 0 Å². The highest BCUT2D eigenvalue weighted by Crippen LogP contribution is 2.47. The number of cyclic esters (lactones) is 1. The van der Waals surface area contributed by atoms with E-state index in [2.05, 4.69) is 99.8 Å². The third kappa shape index (κ3) is 10.1. The number of hydrogen-bond donors (Lipinski definition) is 0.